The van der Waals surface area contributed by atoms with E-state index in [1.54, 1.807) is 0 Å². The highest BCUT2D eigenvalue weighted by molar-refractivity contribution is 5.80. The summed E-state index contributed by atoms with van der Waals surface area (Å²) in [6.07, 6.45) is -0.300. The summed E-state index contributed by atoms with van der Waals surface area (Å²) in [7, 11) is 0. The van der Waals surface area contributed by atoms with Crippen molar-refractivity contribution in [1.29, 1.82) is 0 Å². The van der Waals surface area contributed by atoms with E-state index in [4.69, 9.17) is 5.11 Å². The Morgan fingerprint density at radius 1 is 1.78 bits per heavy atom. The molecule has 3 heteroatoms. The lowest BCUT2D eigenvalue weighted by Gasteiger charge is -1.97. The summed E-state index contributed by atoms with van der Waals surface area (Å²) in [6.45, 7) is 2.74. The van der Waals surface area contributed by atoms with Crippen molar-refractivity contribution in [2.24, 2.45) is 0 Å². The third-order valence-corrected chi connectivity index (χ3v) is 0.979. The number of alkyl halides is 1. The second kappa shape index (κ2) is 3.22. The van der Waals surface area contributed by atoms with Gasteiger partial charge in [-0.25, -0.2) is 9.18 Å². The summed E-state index contributed by atoms with van der Waals surface area (Å²) in [5.41, 5.74) is 0.238. The van der Waals surface area contributed by atoms with E-state index < -0.39 is 12.1 Å². The van der Waals surface area contributed by atoms with E-state index >= 15 is 0 Å². The zero-order valence-corrected chi connectivity index (χ0v) is 5.39. The van der Waals surface area contributed by atoms with Crippen molar-refractivity contribution in [3.63, 3.8) is 0 Å². The summed E-state index contributed by atoms with van der Waals surface area (Å²) < 4.78 is 12.1. The molecule has 0 aliphatic rings. The predicted molar refractivity (Wildman–Crippen MR) is 32.0 cm³/mol. The minimum Gasteiger partial charge on any atom is -0.478 e. The first-order valence-electron chi connectivity index (χ1n) is 2.59. The van der Waals surface area contributed by atoms with Crippen LogP contribution >= 0.6 is 0 Å². The average Bonchev–Trinajstić information content (AvgIpc) is 1.63. The molecule has 2 nitrogen and oxygen atoms in total. The number of carboxylic acid groups (broad SMARTS) is 1. The van der Waals surface area contributed by atoms with E-state index in [9.17, 15) is 9.18 Å². The highest BCUT2D eigenvalue weighted by Gasteiger charge is 2.01. The zero-order chi connectivity index (χ0) is 7.44. The van der Waals surface area contributed by atoms with Crippen molar-refractivity contribution >= 4 is 5.97 Å². The number of hydrogen-bond donors (Lipinski definition) is 1. The molecule has 0 rings (SSSR count). The molecule has 0 aromatic heterocycles. The molecular formula is C6H9FO2. The fourth-order valence-corrected chi connectivity index (χ4v) is 0.310. The summed E-state index contributed by atoms with van der Waals surface area (Å²) in [4.78, 5) is 9.87. The number of carboxylic acids is 1. The number of aliphatic carboxylic acids is 1. The van der Waals surface area contributed by atoms with Crippen LogP contribution in [0.1, 0.15) is 13.8 Å². The van der Waals surface area contributed by atoms with Gasteiger partial charge in [0.15, 0.2) is 0 Å². The molecule has 0 aliphatic heterocycles. The Hall–Kier alpha value is -0.860. The molecule has 0 radical (unpaired) electrons. The second-order valence-electron chi connectivity index (χ2n) is 1.84. The van der Waals surface area contributed by atoms with Crippen LogP contribution in [0.15, 0.2) is 11.6 Å². The molecule has 0 amide bonds. The Balaban J connectivity index is 4.00. The second-order valence-corrected chi connectivity index (χ2v) is 1.84. The molecule has 0 aliphatic carbocycles. The average molecular weight is 132 g/mol. The van der Waals surface area contributed by atoms with Crippen molar-refractivity contribution in [2.75, 3.05) is 0 Å². The lowest BCUT2D eigenvalue weighted by Crippen LogP contribution is -1.98. The predicted octanol–water partition coefficient (Wildman–Crippen LogP) is 1.38. The molecule has 1 unspecified atom stereocenters. The fourth-order valence-electron chi connectivity index (χ4n) is 0.310. The lowest BCUT2D eigenvalue weighted by molar-refractivity contribution is -0.131. The van der Waals surface area contributed by atoms with Gasteiger partial charge in [-0.15, -0.1) is 0 Å². The van der Waals surface area contributed by atoms with Gasteiger partial charge in [0.2, 0.25) is 0 Å². The molecule has 0 spiro atoms. The van der Waals surface area contributed by atoms with Gasteiger partial charge in [0.1, 0.15) is 6.17 Å². The van der Waals surface area contributed by atoms with Crippen LogP contribution in [0.2, 0.25) is 0 Å². The molecule has 52 valence electrons. The van der Waals surface area contributed by atoms with Crippen LogP contribution < -0.4 is 0 Å². The van der Waals surface area contributed by atoms with Gasteiger partial charge in [0, 0.05) is 6.08 Å². The van der Waals surface area contributed by atoms with E-state index in [2.05, 4.69) is 0 Å². The largest absolute Gasteiger partial charge is 0.478 e. The SMILES string of the molecule is CC(=CC(=O)O)C(C)F. The number of hydrogen-bond acceptors (Lipinski definition) is 1. The highest BCUT2D eigenvalue weighted by atomic mass is 19.1. The molecule has 1 atom stereocenters. The van der Waals surface area contributed by atoms with Crippen molar-refractivity contribution in [3.05, 3.63) is 11.6 Å². The zero-order valence-electron chi connectivity index (χ0n) is 5.39. The first-order valence-corrected chi connectivity index (χ1v) is 2.59. The molecule has 0 aromatic rings. The minimum atomic E-state index is -1.17. The van der Waals surface area contributed by atoms with Crippen LogP contribution in [-0.4, -0.2) is 17.2 Å². The van der Waals surface area contributed by atoms with Gasteiger partial charge in [0.25, 0.3) is 0 Å². The monoisotopic (exact) mass is 132 g/mol. The molecule has 9 heavy (non-hydrogen) atoms. The van der Waals surface area contributed by atoms with Crippen molar-refractivity contribution in [3.8, 4) is 0 Å². The highest BCUT2D eigenvalue weighted by Crippen LogP contribution is 2.03. The summed E-state index contributed by atoms with van der Waals surface area (Å²) >= 11 is 0. The Morgan fingerprint density at radius 2 is 2.22 bits per heavy atom. The molecule has 0 bridgehead atoms. The molecule has 1 N–H and O–H groups in total. The first kappa shape index (κ1) is 8.14. The number of rotatable bonds is 2. The molecule has 0 aromatic carbocycles. The van der Waals surface area contributed by atoms with Crippen LogP contribution in [0.3, 0.4) is 0 Å². The maximum Gasteiger partial charge on any atom is 0.328 e. The Morgan fingerprint density at radius 3 is 2.33 bits per heavy atom. The van der Waals surface area contributed by atoms with E-state index in [1.165, 1.54) is 13.8 Å². The molecule has 0 saturated carbocycles. The Bertz CT molecular complexity index is 138. The van der Waals surface area contributed by atoms with Crippen LogP contribution in [0.5, 0.6) is 0 Å². The smallest absolute Gasteiger partial charge is 0.328 e. The van der Waals surface area contributed by atoms with Gasteiger partial charge in [-0.05, 0) is 19.4 Å². The van der Waals surface area contributed by atoms with Crippen molar-refractivity contribution in [2.45, 2.75) is 20.0 Å². The van der Waals surface area contributed by atoms with Gasteiger partial charge < -0.3 is 5.11 Å². The van der Waals surface area contributed by atoms with E-state index in [0.29, 0.717) is 0 Å². The van der Waals surface area contributed by atoms with Gasteiger partial charge in [-0.1, -0.05) is 0 Å². The molecule has 0 heterocycles. The van der Waals surface area contributed by atoms with Crippen LogP contribution in [0.4, 0.5) is 4.39 Å². The van der Waals surface area contributed by atoms with Crippen LogP contribution in [-0.2, 0) is 4.79 Å². The summed E-state index contributed by atoms with van der Waals surface area (Å²) in [6, 6.07) is 0. The normalized spacial score (nSPS) is 15.2. The van der Waals surface area contributed by atoms with E-state index in [-0.39, 0.29) is 5.57 Å². The third kappa shape index (κ3) is 3.70. The summed E-state index contributed by atoms with van der Waals surface area (Å²) in [5.74, 6) is -1.10. The van der Waals surface area contributed by atoms with E-state index in [0.717, 1.165) is 6.08 Å². The lowest BCUT2D eigenvalue weighted by atomic mass is 10.2. The molecular weight excluding hydrogens is 123 g/mol. The van der Waals surface area contributed by atoms with Crippen molar-refractivity contribution < 1.29 is 14.3 Å². The molecule has 0 saturated heterocycles. The Labute approximate surface area is 53.0 Å². The third-order valence-electron chi connectivity index (χ3n) is 0.979. The Kier molecular flexibility index (Phi) is 2.91. The standard InChI is InChI=1S/C6H9FO2/c1-4(5(2)7)3-6(8)9/h3,5H,1-2H3,(H,8,9). The number of allylic oxidation sites excluding steroid dienone is 1. The van der Waals surface area contributed by atoms with Crippen LogP contribution in [0, 0.1) is 0 Å². The van der Waals surface area contributed by atoms with E-state index in [1.807, 2.05) is 0 Å². The first-order chi connectivity index (χ1) is 4.04. The maximum atomic E-state index is 12.1. The van der Waals surface area contributed by atoms with Crippen LogP contribution in [0.25, 0.3) is 0 Å². The van der Waals surface area contributed by atoms with Gasteiger partial charge >= 0.3 is 5.97 Å². The minimum absolute atomic E-state index is 0.238. The quantitative estimate of drug-likeness (QED) is 0.576. The molecule has 0 fully saturated rings. The topological polar surface area (TPSA) is 37.3 Å². The number of carbonyl (C=O) groups is 1. The maximum absolute atomic E-state index is 12.1. The van der Waals surface area contributed by atoms with Gasteiger partial charge in [-0.3, -0.25) is 0 Å². The van der Waals surface area contributed by atoms with Crippen molar-refractivity contribution in [1.82, 2.24) is 0 Å². The summed E-state index contributed by atoms with van der Waals surface area (Å²) in [5, 5.41) is 8.09. The fraction of sp³-hybridized carbons (Fsp3) is 0.500. The number of halogens is 1. The van der Waals surface area contributed by atoms with Gasteiger partial charge in [-0.2, -0.15) is 0 Å². The van der Waals surface area contributed by atoms with Gasteiger partial charge in [0.05, 0.1) is 0 Å².